The highest BCUT2D eigenvalue weighted by molar-refractivity contribution is 7.95. The summed E-state index contributed by atoms with van der Waals surface area (Å²) in [5, 5.41) is 53.5. The minimum absolute atomic E-state index is 0.0240. The summed E-state index contributed by atoms with van der Waals surface area (Å²) in [5.74, 6) is -4.66. The van der Waals surface area contributed by atoms with Crippen molar-refractivity contribution in [1.82, 2.24) is 61.8 Å². The second kappa shape index (κ2) is 25.5. The monoisotopic (exact) mass is 990 g/mol. The molecular weight excluding hydrogens is 931 g/mol. The Hall–Kier alpha value is -5.68. The third kappa shape index (κ3) is 15.7. The lowest BCUT2D eigenvalue weighted by molar-refractivity contribution is -0.136. The van der Waals surface area contributed by atoms with Gasteiger partial charge in [-0.15, -0.1) is 22.7 Å². The quantitative estimate of drug-likeness (QED) is 0.0222. The summed E-state index contributed by atoms with van der Waals surface area (Å²) in [6.45, 7) is 6.10. The molecule has 4 rings (SSSR count). The first-order valence-electron chi connectivity index (χ1n) is 21.0. The smallest absolute Gasteiger partial charge is 0.271 e. The lowest BCUT2D eigenvalue weighted by Crippen LogP contribution is -2.57. The number of primary amides is 1. The number of nitrogen functional groups attached to an aromatic ring is 1. The SMILES string of the molecule is Cc1c(N)nc(CNC[C@H](N)C(N)=O)nc1C(=O)N[C@H](C(=O)N[C@H](C)[C@@H](O)[C@H](C)C(=O)N[C@H](C(=O)NCCc1nc(-c2nc(C(=O)NCCC[S+](C)C)cs2)cs1)[C@@H](C)O)[C@@H](O)c1cnc[nH]1. The van der Waals surface area contributed by atoms with Crippen LogP contribution in [-0.2, 0) is 43.0 Å². The van der Waals surface area contributed by atoms with E-state index >= 15 is 0 Å². The zero-order valence-electron chi connectivity index (χ0n) is 37.9. The van der Waals surface area contributed by atoms with Crippen molar-refractivity contribution in [2.24, 2.45) is 17.4 Å². The summed E-state index contributed by atoms with van der Waals surface area (Å²) in [6, 6.07) is -5.33. The number of imidazole rings is 1. The van der Waals surface area contributed by atoms with Gasteiger partial charge in [0.05, 0.1) is 72.5 Å². The van der Waals surface area contributed by atoms with Crippen LogP contribution in [0.1, 0.15) is 76.4 Å². The minimum atomic E-state index is -1.72. The van der Waals surface area contributed by atoms with E-state index in [0.717, 1.165) is 12.2 Å². The van der Waals surface area contributed by atoms with Gasteiger partial charge in [0.15, 0.2) is 0 Å². The molecule has 0 aliphatic carbocycles. The molecule has 27 heteroatoms. The van der Waals surface area contributed by atoms with E-state index < -0.39 is 77.9 Å². The Morgan fingerprint density at radius 3 is 2.25 bits per heavy atom. The molecule has 0 unspecified atom stereocenters. The van der Waals surface area contributed by atoms with Crippen molar-refractivity contribution in [3.8, 4) is 10.7 Å². The van der Waals surface area contributed by atoms with Gasteiger partial charge in [-0.3, -0.25) is 28.8 Å². The highest BCUT2D eigenvalue weighted by Crippen LogP contribution is 2.26. The second-order valence-corrected chi connectivity index (χ2v) is 20.0. The molecule has 0 spiro atoms. The van der Waals surface area contributed by atoms with Gasteiger partial charge in [0, 0.05) is 48.8 Å². The highest BCUT2D eigenvalue weighted by Gasteiger charge is 2.36. The van der Waals surface area contributed by atoms with Gasteiger partial charge in [0.2, 0.25) is 23.6 Å². The summed E-state index contributed by atoms with van der Waals surface area (Å²) in [6.07, 6.45) is 3.36. The van der Waals surface area contributed by atoms with Crippen LogP contribution in [0.3, 0.4) is 0 Å². The topological polar surface area (TPSA) is 394 Å². The maximum Gasteiger partial charge on any atom is 0.271 e. The molecule has 366 valence electrons. The number of amides is 6. The van der Waals surface area contributed by atoms with E-state index in [1.54, 1.807) is 10.8 Å². The van der Waals surface area contributed by atoms with Gasteiger partial charge in [-0.1, -0.05) is 6.92 Å². The largest absolute Gasteiger partial charge is 0.391 e. The number of nitrogens with one attached hydrogen (secondary N) is 7. The molecule has 0 aromatic carbocycles. The van der Waals surface area contributed by atoms with E-state index in [1.165, 1.54) is 62.9 Å². The summed E-state index contributed by atoms with van der Waals surface area (Å²) in [4.78, 5) is 102. The number of nitrogens with zero attached hydrogens (tertiary/aromatic N) is 5. The fourth-order valence-electron chi connectivity index (χ4n) is 6.18. The molecule has 4 heterocycles. The Bertz CT molecular complexity index is 2310. The molecule has 4 aromatic heterocycles. The molecule has 0 fully saturated rings. The molecular formula is C40H60N15O9S3+. The molecule has 0 bridgehead atoms. The number of nitrogens with two attached hydrogens (primary N) is 3. The van der Waals surface area contributed by atoms with E-state index in [4.69, 9.17) is 17.2 Å². The summed E-state index contributed by atoms with van der Waals surface area (Å²) in [5.41, 5.74) is 17.8. The minimum Gasteiger partial charge on any atom is -0.391 e. The van der Waals surface area contributed by atoms with Crippen molar-refractivity contribution >= 4 is 74.8 Å². The van der Waals surface area contributed by atoms with Gasteiger partial charge in [-0.05, 0) is 31.7 Å². The van der Waals surface area contributed by atoms with Crippen molar-refractivity contribution < 1.29 is 44.1 Å². The Balaban J connectivity index is 1.33. The number of aliphatic hydroxyl groups is 3. The van der Waals surface area contributed by atoms with Gasteiger partial charge in [-0.2, -0.15) is 0 Å². The molecule has 0 radical (unpaired) electrons. The van der Waals surface area contributed by atoms with Crippen molar-refractivity contribution in [2.75, 3.05) is 43.6 Å². The van der Waals surface area contributed by atoms with Crippen LogP contribution >= 0.6 is 22.7 Å². The Morgan fingerprint density at radius 2 is 1.60 bits per heavy atom. The molecule has 24 nitrogen and oxygen atoms in total. The number of aromatic nitrogens is 6. The number of thiazole rings is 2. The summed E-state index contributed by atoms with van der Waals surface area (Å²) >= 11 is 2.64. The van der Waals surface area contributed by atoms with E-state index in [2.05, 4.69) is 74.3 Å². The Morgan fingerprint density at radius 1 is 0.866 bits per heavy atom. The zero-order valence-corrected chi connectivity index (χ0v) is 40.3. The van der Waals surface area contributed by atoms with E-state index in [1.807, 2.05) is 0 Å². The first-order chi connectivity index (χ1) is 31.7. The van der Waals surface area contributed by atoms with Gasteiger partial charge in [0.25, 0.3) is 11.8 Å². The van der Waals surface area contributed by atoms with Crippen LogP contribution in [0.2, 0.25) is 0 Å². The number of anilines is 1. The highest BCUT2D eigenvalue weighted by atomic mass is 32.2. The lowest BCUT2D eigenvalue weighted by Gasteiger charge is -2.29. The Labute approximate surface area is 397 Å². The molecule has 6 amide bonds. The number of carbonyl (C=O) groups is 6. The fourth-order valence-corrected chi connectivity index (χ4v) is 8.52. The molecule has 0 saturated carbocycles. The van der Waals surface area contributed by atoms with Crippen LogP contribution in [0, 0.1) is 12.8 Å². The molecule has 4 aromatic rings. The molecule has 0 saturated heterocycles. The van der Waals surface area contributed by atoms with Crippen LogP contribution in [0.25, 0.3) is 10.7 Å². The fraction of sp³-hybridized carbons (Fsp3) is 0.525. The van der Waals surface area contributed by atoms with Crippen molar-refractivity contribution in [3.05, 3.63) is 56.8 Å². The third-order valence-electron chi connectivity index (χ3n) is 10.2. The molecule has 8 atom stereocenters. The average Bonchev–Trinajstić information content (AvgIpc) is 4.09. The number of aromatic amines is 1. The maximum atomic E-state index is 13.8. The average molecular weight is 991 g/mol. The first kappa shape index (κ1) is 53.9. The zero-order chi connectivity index (χ0) is 49.5. The van der Waals surface area contributed by atoms with E-state index in [-0.39, 0.29) is 54.1 Å². The van der Waals surface area contributed by atoms with E-state index in [9.17, 15) is 44.1 Å². The molecule has 67 heavy (non-hydrogen) atoms. The number of H-pyrrole nitrogens is 1. The van der Waals surface area contributed by atoms with Gasteiger partial charge in [-0.25, -0.2) is 24.9 Å². The second-order valence-electron chi connectivity index (χ2n) is 15.8. The third-order valence-corrected chi connectivity index (χ3v) is 13.1. The van der Waals surface area contributed by atoms with Crippen LogP contribution in [0.4, 0.5) is 5.82 Å². The molecule has 0 aliphatic heterocycles. The van der Waals surface area contributed by atoms with Gasteiger partial charge in [0.1, 0.15) is 57.7 Å². The van der Waals surface area contributed by atoms with Crippen LogP contribution in [0.5, 0.6) is 0 Å². The Kier molecular flexibility index (Phi) is 20.5. The number of rotatable bonds is 26. The molecule has 16 N–H and O–H groups in total. The normalized spacial score (nSPS) is 15.0. The van der Waals surface area contributed by atoms with Crippen molar-refractivity contribution in [2.45, 2.75) is 89.6 Å². The number of hydrogen-bond acceptors (Lipinski definition) is 19. The van der Waals surface area contributed by atoms with Gasteiger partial charge < -0.3 is 69.4 Å². The van der Waals surface area contributed by atoms with E-state index in [0.29, 0.717) is 45.3 Å². The van der Waals surface area contributed by atoms with Crippen molar-refractivity contribution in [3.63, 3.8) is 0 Å². The summed E-state index contributed by atoms with van der Waals surface area (Å²) in [7, 11) is 0.303. The van der Waals surface area contributed by atoms with Crippen LogP contribution < -0.4 is 49.1 Å². The number of hydrogen-bond donors (Lipinski definition) is 13. The number of carbonyl (C=O) groups excluding carboxylic acids is 6. The predicted octanol–water partition coefficient (Wildman–Crippen LogP) is -2.87. The van der Waals surface area contributed by atoms with Crippen LogP contribution in [-0.4, -0.2) is 155 Å². The predicted molar refractivity (Wildman–Crippen MR) is 252 cm³/mol. The first-order valence-corrected chi connectivity index (χ1v) is 25.0. The van der Waals surface area contributed by atoms with Gasteiger partial charge >= 0.3 is 0 Å². The maximum absolute atomic E-state index is 13.8. The lowest BCUT2D eigenvalue weighted by atomic mass is 9.96. The summed E-state index contributed by atoms with van der Waals surface area (Å²) < 4.78 is 0. The van der Waals surface area contributed by atoms with Crippen molar-refractivity contribution in [1.29, 1.82) is 0 Å². The standard InChI is InChI=1S/C40H59N15O9S3/c1-18-28(52-26(53-33(18)42)14-44-12-22(41)34(43)59)38(63)55-30(32(58)23-13-45-17-48-23)39(64)49-20(3)31(57)19(2)35(60)54-29(21(4)56)37(62)47-10-8-27-50-25(16-65-27)40-51-24(15-66-40)36(61)46-9-7-11-67(5)6/h13,15-17,19-22,29-32,44,56-58H,7-12,14,41H2,1-6H3,(H9-,42,43,45,46,47,48,49,52,53,54,55,59,60,61,62,63,64)/p+1/t19-,20+,21+,22-,29-,30-,31-,32-/m0/s1. The molecule has 0 aliphatic rings. The number of aliphatic hydroxyl groups excluding tert-OH is 3. The van der Waals surface area contributed by atoms with Crippen LogP contribution in [0.15, 0.2) is 23.3 Å².